The Morgan fingerprint density at radius 1 is 1.27 bits per heavy atom. The van der Waals surface area contributed by atoms with Gasteiger partial charge in [-0.15, -0.1) is 0 Å². The van der Waals surface area contributed by atoms with E-state index in [1.807, 2.05) is 0 Å². The Morgan fingerprint density at radius 3 is 2.41 bits per heavy atom. The van der Waals surface area contributed by atoms with Gasteiger partial charge in [0.25, 0.3) is 0 Å². The van der Waals surface area contributed by atoms with Gasteiger partial charge in [0.15, 0.2) is 11.6 Å². The number of halogens is 2. The van der Waals surface area contributed by atoms with Crippen molar-refractivity contribution in [3.8, 4) is 0 Å². The predicted octanol–water partition coefficient (Wildman–Crippen LogP) is 2.75. The minimum Gasteiger partial charge on any atom is -0.480 e. The number of amides is 1. The number of rotatable bonds is 2. The molecule has 0 unspecified atom stereocenters. The van der Waals surface area contributed by atoms with E-state index in [1.54, 1.807) is 20.8 Å². The van der Waals surface area contributed by atoms with Crippen LogP contribution in [0.15, 0.2) is 18.2 Å². The van der Waals surface area contributed by atoms with Crippen molar-refractivity contribution in [3.05, 3.63) is 35.4 Å². The number of aliphatic carboxylic acids is 1. The van der Waals surface area contributed by atoms with Crippen LogP contribution < -0.4 is 0 Å². The molecule has 0 saturated carbocycles. The molecular weight excluding hydrogens is 296 g/mol. The molecule has 1 amide bonds. The lowest BCUT2D eigenvalue weighted by atomic mass is 9.83. The minimum absolute atomic E-state index is 0.0803. The first-order chi connectivity index (χ1) is 10.1. The number of benzene rings is 1. The van der Waals surface area contributed by atoms with E-state index in [-0.39, 0.29) is 6.54 Å². The molecule has 1 heterocycles. The quantitative estimate of drug-likeness (QED) is 0.911. The highest BCUT2D eigenvalue weighted by molar-refractivity contribution is 5.83. The molecule has 120 valence electrons. The fraction of sp³-hybridized carbons (Fsp3) is 0.467. The number of carboxylic acids is 1. The molecule has 1 aromatic rings. The van der Waals surface area contributed by atoms with Gasteiger partial charge in [0.2, 0.25) is 0 Å². The first kappa shape index (κ1) is 16.2. The van der Waals surface area contributed by atoms with Crippen LogP contribution in [0.2, 0.25) is 0 Å². The van der Waals surface area contributed by atoms with Gasteiger partial charge in [-0.1, -0.05) is 6.07 Å². The predicted molar refractivity (Wildman–Crippen MR) is 73.5 cm³/mol. The van der Waals surface area contributed by atoms with Crippen molar-refractivity contribution in [2.75, 3.05) is 6.54 Å². The van der Waals surface area contributed by atoms with Crippen LogP contribution in [0, 0.1) is 11.6 Å². The van der Waals surface area contributed by atoms with E-state index < -0.39 is 41.3 Å². The molecule has 1 fully saturated rings. The summed E-state index contributed by atoms with van der Waals surface area (Å²) in [6, 6.07) is 2.08. The third kappa shape index (κ3) is 3.18. The highest BCUT2D eigenvalue weighted by Gasteiger charge is 2.49. The lowest BCUT2D eigenvalue weighted by Gasteiger charge is -2.45. The van der Waals surface area contributed by atoms with Crippen molar-refractivity contribution < 1.29 is 28.2 Å². The maximum Gasteiger partial charge on any atom is 0.411 e. The number of hydrogen-bond donors (Lipinski definition) is 1. The number of carbonyl (C=O) groups is 2. The largest absolute Gasteiger partial charge is 0.480 e. The minimum atomic E-state index is -1.22. The molecule has 5 nitrogen and oxygen atoms in total. The lowest BCUT2D eigenvalue weighted by molar-refractivity contribution is -0.149. The van der Waals surface area contributed by atoms with E-state index >= 15 is 0 Å². The highest BCUT2D eigenvalue weighted by Crippen LogP contribution is 2.36. The van der Waals surface area contributed by atoms with Crippen molar-refractivity contribution in [2.45, 2.75) is 38.3 Å². The smallest absolute Gasteiger partial charge is 0.411 e. The van der Waals surface area contributed by atoms with Crippen molar-refractivity contribution in [2.24, 2.45) is 0 Å². The van der Waals surface area contributed by atoms with Crippen LogP contribution in [0.3, 0.4) is 0 Å². The van der Waals surface area contributed by atoms with Crippen LogP contribution >= 0.6 is 0 Å². The number of hydrogen-bond acceptors (Lipinski definition) is 3. The van der Waals surface area contributed by atoms with E-state index in [0.29, 0.717) is 5.56 Å². The fourth-order valence-corrected chi connectivity index (χ4v) is 2.35. The van der Waals surface area contributed by atoms with Crippen LogP contribution in [-0.4, -0.2) is 40.3 Å². The van der Waals surface area contributed by atoms with E-state index in [1.165, 1.54) is 6.07 Å². The van der Waals surface area contributed by atoms with Crippen LogP contribution in [0.4, 0.5) is 13.6 Å². The van der Waals surface area contributed by atoms with Gasteiger partial charge in [-0.05, 0) is 38.5 Å². The maximum atomic E-state index is 13.3. The average Bonchev–Trinajstić information content (AvgIpc) is 2.29. The van der Waals surface area contributed by atoms with Gasteiger partial charge < -0.3 is 9.84 Å². The summed E-state index contributed by atoms with van der Waals surface area (Å²) >= 11 is 0. The summed E-state index contributed by atoms with van der Waals surface area (Å²) in [6.07, 6.45) is -0.737. The summed E-state index contributed by atoms with van der Waals surface area (Å²) in [7, 11) is 0. The van der Waals surface area contributed by atoms with Crippen LogP contribution in [0.5, 0.6) is 0 Å². The zero-order valence-corrected chi connectivity index (χ0v) is 12.5. The van der Waals surface area contributed by atoms with Gasteiger partial charge in [0.1, 0.15) is 11.6 Å². The van der Waals surface area contributed by atoms with Gasteiger partial charge in [0, 0.05) is 12.5 Å². The summed E-state index contributed by atoms with van der Waals surface area (Å²) in [5.41, 5.74) is -0.404. The van der Waals surface area contributed by atoms with Crippen LogP contribution in [-0.2, 0) is 9.53 Å². The monoisotopic (exact) mass is 313 g/mol. The Hall–Kier alpha value is -2.18. The Bertz CT molecular complexity index is 612. The van der Waals surface area contributed by atoms with E-state index in [9.17, 15) is 23.5 Å². The molecule has 0 spiro atoms. The van der Waals surface area contributed by atoms with Crippen molar-refractivity contribution in [3.63, 3.8) is 0 Å². The number of ether oxygens (including phenoxy) is 1. The van der Waals surface area contributed by atoms with Crippen LogP contribution in [0.1, 0.15) is 32.3 Å². The maximum absolute atomic E-state index is 13.3. The van der Waals surface area contributed by atoms with Gasteiger partial charge in [0.05, 0.1) is 0 Å². The first-order valence-corrected chi connectivity index (χ1v) is 6.77. The highest BCUT2D eigenvalue weighted by atomic mass is 19.2. The standard InChI is InChI=1S/C15H17F2NO4/c1-15(2,3)22-14(21)18-7-9(12(18)13(19)20)8-4-5-10(16)11(17)6-8/h4-6,9,12H,7H2,1-3H3,(H,19,20)/t9-,12-/m0/s1. The molecule has 22 heavy (non-hydrogen) atoms. The SMILES string of the molecule is CC(C)(C)OC(=O)N1C[C@@H](c2ccc(F)c(F)c2)[C@H]1C(=O)O. The summed E-state index contributed by atoms with van der Waals surface area (Å²) in [4.78, 5) is 24.4. The fourth-order valence-electron chi connectivity index (χ4n) is 2.35. The molecule has 0 aliphatic carbocycles. The molecule has 0 radical (unpaired) electrons. The zero-order chi connectivity index (χ0) is 16.7. The van der Waals surface area contributed by atoms with Crippen molar-refractivity contribution in [1.82, 2.24) is 4.90 Å². The van der Waals surface area contributed by atoms with Crippen molar-refractivity contribution >= 4 is 12.1 Å². The lowest BCUT2D eigenvalue weighted by Crippen LogP contribution is -2.61. The Morgan fingerprint density at radius 2 is 1.91 bits per heavy atom. The first-order valence-electron chi connectivity index (χ1n) is 6.77. The summed E-state index contributed by atoms with van der Waals surface area (Å²) in [5, 5.41) is 9.29. The molecule has 1 saturated heterocycles. The van der Waals surface area contributed by atoms with Gasteiger partial charge in [-0.2, -0.15) is 0 Å². The number of carboxylic acid groups (broad SMARTS) is 1. The summed E-state index contributed by atoms with van der Waals surface area (Å²) in [6.45, 7) is 5.10. The van der Waals surface area contributed by atoms with E-state index in [2.05, 4.69) is 0 Å². The molecule has 7 heteroatoms. The van der Waals surface area contributed by atoms with Gasteiger partial charge in [-0.3, -0.25) is 4.90 Å². The number of carbonyl (C=O) groups excluding carboxylic acids is 1. The van der Waals surface area contributed by atoms with Crippen molar-refractivity contribution in [1.29, 1.82) is 0 Å². The molecular formula is C15H17F2NO4. The molecule has 0 bridgehead atoms. The molecule has 1 aromatic carbocycles. The third-order valence-corrected chi connectivity index (χ3v) is 3.36. The summed E-state index contributed by atoms with van der Waals surface area (Å²) < 4.78 is 31.4. The molecule has 1 N–H and O–H groups in total. The second-order valence-electron chi connectivity index (χ2n) is 6.20. The summed E-state index contributed by atoms with van der Waals surface area (Å²) in [5.74, 6) is -3.86. The van der Waals surface area contributed by atoms with Crippen LogP contribution in [0.25, 0.3) is 0 Å². The normalized spacial score (nSPS) is 21.2. The molecule has 1 aliphatic rings. The Labute approximate surface area is 126 Å². The second-order valence-corrected chi connectivity index (χ2v) is 6.20. The average molecular weight is 313 g/mol. The Balaban J connectivity index is 2.18. The van der Waals surface area contributed by atoms with Gasteiger partial charge >= 0.3 is 12.1 Å². The topological polar surface area (TPSA) is 66.8 Å². The number of nitrogens with zero attached hydrogens (tertiary/aromatic N) is 1. The number of likely N-dealkylation sites (tertiary alicyclic amines) is 1. The molecule has 0 aromatic heterocycles. The molecule has 2 rings (SSSR count). The third-order valence-electron chi connectivity index (χ3n) is 3.36. The zero-order valence-electron chi connectivity index (χ0n) is 12.5. The molecule has 2 atom stereocenters. The molecule has 1 aliphatic heterocycles. The second kappa shape index (κ2) is 5.55. The Kier molecular flexibility index (Phi) is 4.08. The van der Waals surface area contributed by atoms with E-state index in [4.69, 9.17) is 4.74 Å². The van der Waals surface area contributed by atoms with Gasteiger partial charge in [-0.25, -0.2) is 18.4 Å². The van der Waals surface area contributed by atoms with E-state index in [0.717, 1.165) is 17.0 Å².